The van der Waals surface area contributed by atoms with Gasteiger partial charge in [0.05, 0.1) is 18.2 Å². The second-order valence-electron chi connectivity index (χ2n) is 3.27. The van der Waals surface area contributed by atoms with Gasteiger partial charge in [-0.25, -0.2) is 0 Å². The van der Waals surface area contributed by atoms with Crippen LogP contribution in [0, 0.1) is 0 Å². The molecular weight excluding hydrogens is 246 g/mol. The molecule has 1 aliphatic rings. The van der Waals surface area contributed by atoms with Crippen LogP contribution in [0.1, 0.15) is 18.0 Å². The smallest absolute Gasteiger partial charge is 0.133 e. The summed E-state index contributed by atoms with van der Waals surface area (Å²) in [6.07, 6.45) is 0.859. The normalized spacial score (nSPS) is 19.8. The standard InChI is InChI=1S/C10H12BrNO2/c1-13-10-4-6-8(12)2-3-14-9(6)5-7(10)11/h4-5,8H,2-3,12H2,1H3/t8-/m1/s1. The Labute approximate surface area is 91.3 Å². The van der Waals surface area contributed by atoms with Gasteiger partial charge in [0, 0.05) is 18.0 Å². The van der Waals surface area contributed by atoms with Gasteiger partial charge in [-0.1, -0.05) is 0 Å². The molecule has 0 bridgehead atoms. The van der Waals surface area contributed by atoms with Gasteiger partial charge in [0.15, 0.2) is 0 Å². The zero-order valence-corrected chi connectivity index (χ0v) is 9.50. The van der Waals surface area contributed by atoms with Gasteiger partial charge in [0.1, 0.15) is 11.5 Å². The monoisotopic (exact) mass is 257 g/mol. The molecule has 3 nitrogen and oxygen atoms in total. The summed E-state index contributed by atoms with van der Waals surface area (Å²) in [5, 5.41) is 0. The second-order valence-corrected chi connectivity index (χ2v) is 4.12. The number of halogens is 1. The predicted octanol–water partition coefficient (Wildman–Crippen LogP) is 2.24. The van der Waals surface area contributed by atoms with Gasteiger partial charge in [-0.2, -0.15) is 0 Å². The first kappa shape index (κ1) is 9.80. The van der Waals surface area contributed by atoms with E-state index in [-0.39, 0.29) is 6.04 Å². The van der Waals surface area contributed by atoms with E-state index < -0.39 is 0 Å². The lowest BCUT2D eigenvalue weighted by atomic mass is 10.0. The Morgan fingerprint density at radius 3 is 3.07 bits per heavy atom. The number of hydrogen-bond acceptors (Lipinski definition) is 3. The lowest BCUT2D eigenvalue weighted by Gasteiger charge is -2.23. The van der Waals surface area contributed by atoms with Crippen LogP contribution in [0.5, 0.6) is 11.5 Å². The van der Waals surface area contributed by atoms with E-state index in [1.165, 1.54) is 0 Å². The van der Waals surface area contributed by atoms with E-state index in [0.29, 0.717) is 6.61 Å². The minimum absolute atomic E-state index is 0.0562. The van der Waals surface area contributed by atoms with E-state index in [1.54, 1.807) is 7.11 Å². The van der Waals surface area contributed by atoms with E-state index in [0.717, 1.165) is 28.0 Å². The number of rotatable bonds is 1. The fourth-order valence-corrected chi connectivity index (χ4v) is 2.06. The van der Waals surface area contributed by atoms with Crippen LogP contribution in [-0.4, -0.2) is 13.7 Å². The van der Waals surface area contributed by atoms with Crippen LogP contribution in [0.15, 0.2) is 16.6 Å². The molecule has 0 saturated heterocycles. The lowest BCUT2D eigenvalue weighted by Crippen LogP contribution is -2.20. The Bertz CT molecular complexity index is 354. The van der Waals surface area contributed by atoms with E-state index in [2.05, 4.69) is 15.9 Å². The highest BCUT2D eigenvalue weighted by molar-refractivity contribution is 9.10. The van der Waals surface area contributed by atoms with Crippen molar-refractivity contribution in [1.29, 1.82) is 0 Å². The summed E-state index contributed by atoms with van der Waals surface area (Å²) in [4.78, 5) is 0. The van der Waals surface area contributed by atoms with Crippen molar-refractivity contribution in [2.45, 2.75) is 12.5 Å². The van der Waals surface area contributed by atoms with Crippen molar-refractivity contribution in [1.82, 2.24) is 0 Å². The average Bonchev–Trinajstić information content (AvgIpc) is 2.17. The van der Waals surface area contributed by atoms with Crippen molar-refractivity contribution in [3.63, 3.8) is 0 Å². The SMILES string of the molecule is COc1cc2c(cc1Br)OCC[C@H]2N. The van der Waals surface area contributed by atoms with Gasteiger partial charge in [0.2, 0.25) is 0 Å². The molecule has 1 aliphatic heterocycles. The molecular formula is C10H12BrNO2. The van der Waals surface area contributed by atoms with Gasteiger partial charge in [-0.15, -0.1) is 0 Å². The molecule has 0 fully saturated rings. The molecule has 0 saturated carbocycles. The highest BCUT2D eigenvalue weighted by Gasteiger charge is 2.20. The third-order valence-corrected chi connectivity index (χ3v) is 2.99. The van der Waals surface area contributed by atoms with Crippen LogP contribution in [0.25, 0.3) is 0 Å². The Kier molecular flexibility index (Phi) is 2.65. The molecule has 1 aromatic carbocycles. The van der Waals surface area contributed by atoms with Crippen molar-refractivity contribution in [2.75, 3.05) is 13.7 Å². The molecule has 1 aromatic rings. The number of benzene rings is 1. The van der Waals surface area contributed by atoms with Gasteiger partial charge in [-0.3, -0.25) is 0 Å². The summed E-state index contributed by atoms with van der Waals surface area (Å²) in [5.74, 6) is 1.65. The number of fused-ring (bicyclic) bond motifs is 1. The maximum absolute atomic E-state index is 5.97. The summed E-state index contributed by atoms with van der Waals surface area (Å²) in [6.45, 7) is 0.687. The molecule has 2 N–H and O–H groups in total. The number of ether oxygens (including phenoxy) is 2. The first-order chi connectivity index (χ1) is 6.72. The summed E-state index contributed by atoms with van der Waals surface area (Å²) >= 11 is 3.41. The summed E-state index contributed by atoms with van der Waals surface area (Å²) < 4.78 is 11.6. The first-order valence-corrected chi connectivity index (χ1v) is 5.27. The molecule has 0 aromatic heterocycles. The van der Waals surface area contributed by atoms with Crippen LogP contribution in [-0.2, 0) is 0 Å². The molecule has 0 amide bonds. The zero-order chi connectivity index (χ0) is 10.1. The molecule has 4 heteroatoms. The van der Waals surface area contributed by atoms with Crippen LogP contribution < -0.4 is 15.2 Å². The molecule has 14 heavy (non-hydrogen) atoms. The lowest BCUT2D eigenvalue weighted by molar-refractivity contribution is 0.267. The largest absolute Gasteiger partial charge is 0.496 e. The minimum Gasteiger partial charge on any atom is -0.496 e. The fraction of sp³-hybridized carbons (Fsp3) is 0.400. The zero-order valence-electron chi connectivity index (χ0n) is 7.92. The van der Waals surface area contributed by atoms with Crippen LogP contribution in [0.3, 0.4) is 0 Å². The first-order valence-electron chi connectivity index (χ1n) is 4.48. The molecule has 0 unspecified atom stereocenters. The van der Waals surface area contributed by atoms with Gasteiger partial charge < -0.3 is 15.2 Å². The minimum atomic E-state index is 0.0562. The Balaban J connectivity index is 2.49. The second kappa shape index (κ2) is 3.79. The van der Waals surface area contributed by atoms with Crippen molar-refractivity contribution < 1.29 is 9.47 Å². The van der Waals surface area contributed by atoms with E-state index in [4.69, 9.17) is 15.2 Å². The Morgan fingerprint density at radius 2 is 2.36 bits per heavy atom. The number of hydrogen-bond donors (Lipinski definition) is 1. The quantitative estimate of drug-likeness (QED) is 0.840. The highest BCUT2D eigenvalue weighted by Crippen LogP contribution is 2.38. The number of methoxy groups -OCH3 is 1. The topological polar surface area (TPSA) is 44.5 Å². The molecule has 1 heterocycles. The molecule has 1 atom stereocenters. The van der Waals surface area contributed by atoms with Crippen LogP contribution >= 0.6 is 15.9 Å². The predicted molar refractivity (Wildman–Crippen MR) is 57.7 cm³/mol. The maximum Gasteiger partial charge on any atom is 0.133 e. The van der Waals surface area contributed by atoms with Crippen molar-refractivity contribution in [2.24, 2.45) is 5.73 Å². The fourth-order valence-electron chi connectivity index (χ4n) is 1.57. The van der Waals surface area contributed by atoms with Crippen molar-refractivity contribution in [3.05, 3.63) is 22.2 Å². The van der Waals surface area contributed by atoms with E-state index in [1.807, 2.05) is 12.1 Å². The molecule has 0 radical (unpaired) electrons. The van der Waals surface area contributed by atoms with Gasteiger partial charge >= 0.3 is 0 Å². The Morgan fingerprint density at radius 1 is 1.57 bits per heavy atom. The number of nitrogens with two attached hydrogens (primary N) is 1. The summed E-state index contributed by atoms with van der Waals surface area (Å²) in [7, 11) is 1.64. The Hall–Kier alpha value is -0.740. The molecule has 0 aliphatic carbocycles. The van der Waals surface area contributed by atoms with Crippen LogP contribution in [0.2, 0.25) is 0 Å². The summed E-state index contributed by atoms with van der Waals surface area (Å²) in [5.41, 5.74) is 6.99. The molecule has 76 valence electrons. The maximum atomic E-state index is 5.97. The third kappa shape index (κ3) is 1.60. The summed E-state index contributed by atoms with van der Waals surface area (Å²) in [6, 6.07) is 3.90. The van der Waals surface area contributed by atoms with E-state index in [9.17, 15) is 0 Å². The molecule has 0 spiro atoms. The average molecular weight is 258 g/mol. The molecule has 2 rings (SSSR count). The van der Waals surface area contributed by atoms with Crippen molar-refractivity contribution >= 4 is 15.9 Å². The third-order valence-electron chi connectivity index (χ3n) is 2.37. The van der Waals surface area contributed by atoms with Gasteiger partial charge in [0.25, 0.3) is 0 Å². The van der Waals surface area contributed by atoms with E-state index >= 15 is 0 Å². The van der Waals surface area contributed by atoms with Crippen LogP contribution in [0.4, 0.5) is 0 Å². The van der Waals surface area contributed by atoms with Crippen molar-refractivity contribution in [3.8, 4) is 11.5 Å². The van der Waals surface area contributed by atoms with Gasteiger partial charge in [-0.05, 0) is 28.1 Å². The highest BCUT2D eigenvalue weighted by atomic mass is 79.9.